The Labute approximate surface area is 227 Å². The van der Waals surface area contributed by atoms with E-state index >= 15 is 0 Å². The number of hydrogen-bond donors (Lipinski definition) is 1. The van der Waals surface area contributed by atoms with Crippen molar-refractivity contribution in [2.75, 3.05) is 11.9 Å². The summed E-state index contributed by atoms with van der Waals surface area (Å²) in [5, 5.41) is 8.02. The standard InChI is InChI=1S/C28H26BN7O3.H2/c1-14-4-7-23(29)32-27(14)33-28(39)26-20-9-18(20)12-35(26)24(38)13-36-22-6-5-17(19-10-30-16(3)31-11-19)8-21(22)25(34-36)15(2)37;/h4-8,10-11,18,20,26H,9,12-13H2,1-3H3,(H,32,33,39);1H/t18?,20?,26-;/m0./s1. The minimum absolute atomic E-state index is 0. The summed E-state index contributed by atoms with van der Waals surface area (Å²) in [5.74, 6) is 0.798. The van der Waals surface area contributed by atoms with Gasteiger partial charge in [-0.1, -0.05) is 18.2 Å². The fourth-order valence-electron chi connectivity index (χ4n) is 5.42. The molecule has 2 amide bonds. The van der Waals surface area contributed by atoms with E-state index < -0.39 is 6.04 Å². The van der Waals surface area contributed by atoms with Crippen molar-refractivity contribution in [3.63, 3.8) is 0 Å². The van der Waals surface area contributed by atoms with Crippen molar-refractivity contribution in [1.82, 2.24) is 29.6 Å². The molecule has 1 aliphatic heterocycles. The summed E-state index contributed by atoms with van der Waals surface area (Å²) in [4.78, 5) is 53.7. The van der Waals surface area contributed by atoms with Crippen molar-refractivity contribution in [3.8, 4) is 11.1 Å². The minimum Gasteiger partial charge on any atom is -0.328 e. The number of aromatic nitrogens is 5. The van der Waals surface area contributed by atoms with Gasteiger partial charge in [-0.2, -0.15) is 5.10 Å². The van der Waals surface area contributed by atoms with E-state index in [0.717, 1.165) is 23.1 Å². The van der Waals surface area contributed by atoms with Gasteiger partial charge < -0.3 is 10.2 Å². The second kappa shape index (κ2) is 9.41. The summed E-state index contributed by atoms with van der Waals surface area (Å²) in [6.07, 6.45) is 4.38. The molecule has 3 aromatic heterocycles. The van der Waals surface area contributed by atoms with Crippen molar-refractivity contribution in [2.24, 2.45) is 11.8 Å². The van der Waals surface area contributed by atoms with Gasteiger partial charge in [-0.15, -0.1) is 0 Å². The summed E-state index contributed by atoms with van der Waals surface area (Å²) in [6.45, 7) is 5.54. The summed E-state index contributed by atoms with van der Waals surface area (Å²) in [5.41, 5.74) is 3.71. The molecule has 1 N–H and O–H groups in total. The molecule has 1 aromatic carbocycles. The number of aryl methyl sites for hydroxylation is 2. The Morgan fingerprint density at radius 1 is 1.10 bits per heavy atom. The van der Waals surface area contributed by atoms with Crippen LogP contribution in [0, 0.1) is 25.7 Å². The number of ketones is 1. The molecule has 196 valence electrons. The fraction of sp³-hybridized carbons (Fsp3) is 0.321. The molecule has 4 aromatic rings. The molecule has 11 heteroatoms. The number of carbonyl (C=O) groups is 3. The number of benzene rings is 1. The summed E-state index contributed by atoms with van der Waals surface area (Å²) in [7, 11) is 5.80. The van der Waals surface area contributed by atoms with E-state index in [0.29, 0.717) is 40.6 Å². The number of Topliss-reactive ketones (excluding diaryl/α,β-unsaturated/α-hetero) is 1. The van der Waals surface area contributed by atoms with Crippen LogP contribution in [0.4, 0.5) is 5.82 Å². The largest absolute Gasteiger partial charge is 0.328 e. The van der Waals surface area contributed by atoms with Crippen LogP contribution in [-0.2, 0) is 16.1 Å². The van der Waals surface area contributed by atoms with Crippen molar-refractivity contribution >= 4 is 47.8 Å². The number of likely N-dealkylation sites (tertiary alicyclic amines) is 1. The van der Waals surface area contributed by atoms with Crippen LogP contribution in [-0.4, -0.2) is 67.7 Å². The Morgan fingerprint density at radius 2 is 1.87 bits per heavy atom. The van der Waals surface area contributed by atoms with Crippen LogP contribution in [0.15, 0.2) is 42.7 Å². The third-order valence-electron chi connectivity index (χ3n) is 7.58. The molecule has 0 bridgehead atoms. The fourth-order valence-corrected chi connectivity index (χ4v) is 5.42. The Balaban J connectivity index is 0.00000323. The number of hydrogen-bond acceptors (Lipinski definition) is 7. The quantitative estimate of drug-likeness (QED) is 0.305. The first-order valence-electron chi connectivity index (χ1n) is 12.8. The molecule has 4 heterocycles. The Morgan fingerprint density at radius 3 is 2.62 bits per heavy atom. The smallest absolute Gasteiger partial charge is 0.248 e. The third-order valence-corrected chi connectivity index (χ3v) is 7.58. The molecule has 39 heavy (non-hydrogen) atoms. The van der Waals surface area contributed by atoms with Crippen molar-refractivity contribution in [2.45, 2.75) is 39.8 Å². The van der Waals surface area contributed by atoms with Crippen LogP contribution in [0.1, 0.15) is 36.6 Å². The molecular weight excluding hydrogens is 493 g/mol. The normalized spacial score (nSPS) is 19.7. The second-order valence-corrected chi connectivity index (χ2v) is 10.4. The molecule has 3 atom stereocenters. The first-order chi connectivity index (χ1) is 18.7. The van der Waals surface area contributed by atoms with Crippen LogP contribution in [0.25, 0.3) is 22.0 Å². The van der Waals surface area contributed by atoms with Crippen LogP contribution in [0.5, 0.6) is 0 Å². The second-order valence-electron chi connectivity index (χ2n) is 10.4. The molecular formula is C28H28BN7O3. The maximum Gasteiger partial charge on any atom is 0.248 e. The molecule has 2 aliphatic rings. The summed E-state index contributed by atoms with van der Waals surface area (Å²) in [6, 6.07) is 8.49. The number of amides is 2. The van der Waals surface area contributed by atoms with Gasteiger partial charge >= 0.3 is 0 Å². The zero-order valence-corrected chi connectivity index (χ0v) is 21.9. The zero-order chi connectivity index (χ0) is 27.4. The van der Waals surface area contributed by atoms with Gasteiger partial charge in [-0.05, 0) is 61.0 Å². The van der Waals surface area contributed by atoms with Crippen LogP contribution in [0.2, 0.25) is 0 Å². The van der Waals surface area contributed by atoms with Gasteiger partial charge in [-0.3, -0.25) is 19.1 Å². The zero-order valence-electron chi connectivity index (χ0n) is 21.9. The molecule has 2 unspecified atom stereocenters. The molecule has 2 fully saturated rings. The van der Waals surface area contributed by atoms with E-state index in [9.17, 15) is 14.4 Å². The lowest BCUT2D eigenvalue weighted by molar-refractivity contribution is -0.138. The molecule has 0 spiro atoms. The maximum absolute atomic E-state index is 13.6. The highest BCUT2D eigenvalue weighted by atomic mass is 16.2. The van der Waals surface area contributed by atoms with E-state index in [4.69, 9.17) is 7.85 Å². The number of piperidine rings is 1. The molecule has 1 aliphatic carbocycles. The first-order valence-corrected chi connectivity index (χ1v) is 12.8. The van der Waals surface area contributed by atoms with Crippen molar-refractivity contribution in [1.29, 1.82) is 0 Å². The van der Waals surface area contributed by atoms with E-state index in [2.05, 4.69) is 25.4 Å². The Kier molecular flexibility index (Phi) is 6.01. The highest BCUT2D eigenvalue weighted by Gasteiger charge is 2.56. The van der Waals surface area contributed by atoms with Gasteiger partial charge in [0.25, 0.3) is 0 Å². The summed E-state index contributed by atoms with van der Waals surface area (Å²) < 4.78 is 1.55. The highest BCUT2D eigenvalue weighted by Crippen LogP contribution is 2.50. The van der Waals surface area contributed by atoms with Gasteiger partial charge in [0.05, 0.1) is 5.52 Å². The highest BCUT2D eigenvalue weighted by molar-refractivity contribution is 6.30. The number of carbonyl (C=O) groups excluding carboxylic acids is 3. The van der Waals surface area contributed by atoms with Gasteiger partial charge in [0, 0.05) is 38.2 Å². The lowest BCUT2D eigenvalue weighted by Gasteiger charge is -2.27. The molecule has 1 saturated carbocycles. The van der Waals surface area contributed by atoms with E-state index in [1.807, 2.05) is 32.0 Å². The lowest BCUT2D eigenvalue weighted by atomic mass is 10.0. The Hall–Kier alpha value is -4.41. The van der Waals surface area contributed by atoms with E-state index in [-0.39, 0.29) is 37.2 Å². The molecule has 6 rings (SSSR count). The number of nitrogens with zero attached hydrogens (tertiary/aromatic N) is 6. The number of nitrogens with one attached hydrogen (secondary N) is 1. The van der Waals surface area contributed by atoms with Crippen molar-refractivity contribution in [3.05, 3.63) is 59.8 Å². The van der Waals surface area contributed by atoms with Gasteiger partial charge in [0.1, 0.15) is 37.8 Å². The number of anilines is 1. The summed E-state index contributed by atoms with van der Waals surface area (Å²) >= 11 is 0. The van der Waals surface area contributed by atoms with Crippen LogP contribution in [0.3, 0.4) is 0 Å². The van der Waals surface area contributed by atoms with Crippen LogP contribution < -0.4 is 10.9 Å². The monoisotopic (exact) mass is 521 g/mol. The third kappa shape index (κ3) is 4.58. The average molecular weight is 521 g/mol. The topological polar surface area (TPSA) is 123 Å². The molecule has 2 radical (unpaired) electrons. The van der Waals surface area contributed by atoms with Gasteiger partial charge in [0.2, 0.25) is 11.8 Å². The predicted molar refractivity (Wildman–Crippen MR) is 148 cm³/mol. The van der Waals surface area contributed by atoms with Gasteiger partial charge in [-0.25, -0.2) is 15.0 Å². The molecule has 10 nitrogen and oxygen atoms in total. The Bertz CT molecular complexity index is 1660. The average Bonchev–Trinajstić information content (AvgIpc) is 3.41. The first kappa shape index (κ1) is 24.9. The van der Waals surface area contributed by atoms with Gasteiger partial charge in [0.15, 0.2) is 5.78 Å². The number of rotatable bonds is 6. The van der Waals surface area contributed by atoms with E-state index in [1.165, 1.54) is 6.92 Å². The predicted octanol–water partition coefficient (Wildman–Crippen LogP) is 2.23. The van der Waals surface area contributed by atoms with Crippen molar-refractivity contribution < 1.29 is 15.8 Å². The molecule has 1 saturated heterocycles. The van der Waals surface area contributed by atoms with Crippen LogP contribution >= 0.6 is 0 Å². The minimum atomic E-state index is -0.590. The van der Waals surface area contributed by atoms with E-state index in [1.54, 1.807) is 34.1 Å². The maximum atomic E-state index is 13.6. The lowest BCUT2D eigenvalue weighted by Crippen LogP contribution is -2.47. The SMILES string of the molecule is [B]c1ccc(C)c(NC(=O)[C@@H]2C3CC3CN2C(=O)Cn2nc(C(C)=O)c3cc(-c4cnc(C)nc4)ccc32)n1.[HH]. The number of fused-ring (bicyclic) bond motifs is 2. The number of pyridine rings is 1.